The lowest BCUT2D eigenvalue weighted by atomic mass is 10.1. The summed E-state index contributed by atoms with van der Waals surface area (Å²) >= 11 is 3.00. The average Bonchev–Trinajstić information content (AvgIpc) is 2.33. The second-order valence-electron chi connectivity index (χ2n) is 3.75. The molecule has 1 amide bonds. The molecule has 0 fully saturated rings. The van der Waals surface area contributed by atoms with Gasteiger partial charge in [0.15, 0.2) is 0 Å². The molecule has 0 saturated heterocycles. The number of aromatic hydroxyl groups is 2. The topological polar surface area (TPSA) is 69.6 Å². The number of hydrogen-bond donors (Lipinski definition) is 3. The van der Waals surface area contributed by atoms with Crippen LogP contribution in [0.2, 0.25) is 0 Å². The minimum atomic E-state index is -0.725. The molecule has 0 aliphatic carbocycles. The molecular weight excluding hydrogens is 317 g/mol. The first-order valence-electron chi connectivity index (χ1n) is 5.26. The molecule has 2 aromatic rings. The predicted molar refractivity (Wildman–Crippen MR) is 71.8 cm³/mol. The van der Waals surface area contributed by atoms with Gasteiger partial charge in [-0.15, -0.1) is 0 Å². The zero-order valence-electron chi connectivity index (χ0n) is 9.52. The van der Waals surface area contributed by atoms with Crippen molar-refractivity contribution in [1.82, 2.24) is 0 Å². The molecule has 4 nitrogen and oxygen atoms in total. The highest BCUT2D eigenvalue weighted by Gasteiger charge is 2.16. The quantitative estimate of drug-likeness (QED) is 0.793. The van der Waals surface area contributed by atoms with Crippen LogP contribution >= 0.6 is 15.9 Å². The van der Waals surface area contributed by atoms with E-state index in [1.807, 2.05) is 0 Å². The van der Waals surface area contributed by atoms with Gasteiger partial charge in [-0.2, -0.15) is 0 Å². The third kappa shape index (κ3) is 2.85. The number of anilines is 1. The third-order valence-corrected chi connectivity index (χ3v) is 3.07. The summed E-state index contributed by atoms with van der Waals surface area (Å²) in [6.07, 6.45) is 0. The fraction of sp³-hybridized carbons (Fsp3) is 0. The zero-order chi connectivity index (χ0) is 14.0. The normalized spacial score (nSPS) is 10.2. The van der Waals surface area contributed by atoms with Crippen LogP contribution in [0.15, 0.2) is 40.9 Å². The minimum absolute atomic E-state index is 0.216. The van der Waals surface area contributed by atoms with E-state index in [9.17, 15) is 19.4 Å². The number of halogens is 2. The van der Waals surface area contributed by atoms with Gasteiger partial charge in [0.25, 0.3) is 5.91 Å². The Morgan fingerprint density at radius 1 is 1.16 bits per heavy atom. The summed E-state index contributed by atoms with van der Waals surface area (Å²) in [5, 5.41) is 21.5. The van der Waals surface area contributed by atoms with Crippen LogP contribution in [0.3, 0.4) is 0 Å². The SMILES string of the molecule is O=C(Nc1ccc(Br)c(F)c1)c1c(O)cccc1O. The maximum atomic E-state index is 13.3. The van der Waals surface area contributed by atoms with Crippen molar-refractivity contribution < 1.29 is 19.4 Å². The number of carbonyl (C=O) groups is 1. The van der Waals surface area contributed by atoms with E-state index in [0.29, 0.717) is 0 Å². The number of nitrogens with one attached hydrogen (secondary N) is 1. The second-order valence-corrected chi connectivity index (χ2v) is 4.61. The highest BCUT2D eigenvalue weighted by molar-refractivity contribution is 9.10. The van der Waals surface area contributed by atoms with Crippen molar-refractivity contribution in [2.24, 2.45) is 0 Å². The third-order valence-electron chi connectivity index (χ3n) is 2.43. The molecule has 19 heavy (non-hydrogen) atoms. The molecule has 3 N–H and O–H groups in total. The summed E-state index contributed by atoms with van der Waals surface area (Å²) in [4.78, 5) is 11.9. The van der Waals surface area contributed by atoms with Crippen LogP contribution < -0.4 is 5.32 Å². The van der Waals surface area contributed by atoms with E-state index < -0.39 is 11.7 Å². The first-order valence-corrected chi connectivity index (χ1v) is 6.05. The molecule has 0 saturated carbocycles. The highest BCUT2D eigenvalue weighted by atomic mass is 79.9. The molecule has 98 valence electrons. The molecule has 0 radical (unpaired) electrons. The number of phenolic OH excluding ortho intramolecular Hbond substituents is 2. The van der Waals surface area contributed by atoms with Crippen LogP contribution in [0, 0.1) is 5.82 Å². The van der Waals surface area contributed by atoms with Gasteiger partial charge in [-0.05, 0) is 46.3 Å². The average molecular weight is 326 g/mol. The van der Waals surface area contributed by atoms with Crippen molar-refractivity contribution in [3.63, 3.8) is 0 Å². The van der Waals surface area contributed by atoms with Crippen molar-refractivity contribution in [1.29, 1.82) is 0 Å². The van der Waals surface area contributed by atoms with Crippen LogP contribution in [0.5, 0.6) is 11.5 Å². The Bertz CT molecular complexity index is 626. The van der Waals surface area contributed by atoms with E-state index in [2.05, 4.69) is 21.2 Å². The van der Waals surface area contributed by atoms with Crippen LogP contribution in [0.25, 0.3) is 0 Å². The summed E-state index contributed by atoms with van der Waals surface area (Å²) in [5.74, 6) is -1.96. The highest BCUT2D eigenvalue weighted by Crippen LogP contribution is 2.27. The minimum Gasteiger partial charge on any atom is -0.507 e. The zero-order valence-corrected chi connectivity index (χ0v) is 11.1. The van der Waals surface area contributed by atoms with Crippen LogP contribution in [0.1, 0.15) is 10.4 Å². The first-order chi connectivity index (χ1) is 8.99. The van der Waals surface area contributed by atoms with Gasteiger partial charge in [-0.3, -0.25) is 4.79 Å². The van der Waals surface area contributed by atoms with Gasteiger partial charge in [0.05, 0.1) is 4.47 Å². The van der Waals surface area contributed by atoms with Crippen molar-refractivity contribution in [3.8, 4) is 11.5 Å². The lowest BCUT2D eigenvalue weighted by Gasteiger charge is -2.08. The molecule has 0 aliphatic rings. The van der Waals surface area contributed by atoms with Gasteiger partial charge in [0, 0.05) is 5.69 Å². The fourth-order valence-corrected chi connectivity index (χ4v) is 1.78. The number of rotatable bonds is 2. The van der Waals surface area contributed by atoms with E-state index in [4.69, 9.17) is 0 Å². The van der Waals surface area contributed by atoms with Gasteiger partial charge in [-0.1, -0.05) is 6.07 Å². The Morgan fingerprint density at radius 3 is 2.37 bits per heavy atom. The lowest BCUT2D eigenvalue weighted by Crippen LogP contribution is -2.12. The van der Waals surface area contributed by atoms with Crippen LogP contribution in [-0.2, 0) is 0 Å². The fourth-order valence-electron chi connectivity index (χ4n) is 1.53. The molecule has 0 heterocycles. The molecule has 0 spiro atoms. The van der Waals surface area contributed by atoms with Crippen molar-refractivity contribution in [2.75, 3.05) is 5.32 Å². The predicted octanol–water partition coefficient (Wildman–Crippen LogP) is 3.25. The monoisotopic (exact) mass is 325 g/mol. The molecule has 0 aliphatic heterocycles. The summed E-state index contributed by atoms with van der Waals surface area (Å²) in [6, 6.07) is 8.01. The van der Waals surface area contributed by atoms with Gasteiger partial charge in [0.1, 0.15) is 22.9 Å². The summed E-state index contributed by atoms with van der Waals surface area (Å²) in [5.41, 5.74) is -0.0424. The Kier molecular flexibility index (Phi) is 3.71. The summed E-state index contributed by atoms with van der Waals surface area (Å²) in [7, 11) is 0. The standard InChI is InChI=1S/C13H9BrFNO3/c14-8-5-4-7(6-9(8)15)16-13(19)12-10(17)2-1-3-11(12)18/h1-6,17-18H,(H,16,19). The van der Waals surface area contributed by atoms with Crippen LogP contribution in [0.4, 0.5) is 10.1 Å². The van der Waals surface area contributed by atoms with Gasteiger partial charge >= 0.3 is 0 Å². The Hall–Kier alpha value is -2.08. The summed E-state index contributed by atoms with van der Waals surface area (Å²) in [6.45, 7) is 0. The number of hydrogen-bond acceptors (Lipinski definition) is 3. The molecule has 0 aromatic heterocycles. The Labute approximate surface area is 116 Å². The molecule has 2 aromatic carbocycles. The lowest BCUT2D eigenvalue weighted by molar-refractivity contribution is 0.102. The number of amides is 1. The second kappa shape index (κ2) is 5.27. The van der Waals surface area contributed by atoms with Crippen LogP contribution in [-0.4, -0.2) is 16.1 Å². The van der Waals surface area contributed by atoms with E-state index in [1.54, 1.807) is 0 Å². The molecule has 0 atom stereocenters. The number of benzene rings is 2. The van der Waals surface area contributed by atoms with Crippen molar-refractivity contribution in [2.45, 2.75) is 0 Å². The number of phenols is 2. The molecule has 2 rings (SSSR count). The molecule has 0 bridgehead atoms. The maximum Gasteiger partial charge on any atom is 0.263 e. The van der Waals surface area contributed by atoms with Gasteiger partial charge in [-0.25, -0.2) is 4.39 Å². The first kappa shape index (κ1) is 13.4. The molecular formula is C13H9BrFNO3. The van der Waals surface area contributed by atoms with Gasteiger partial charge in [0.2, 0.25) is 0 Å². The summed E-state index contributed by atoms with van der Waals surface area (Å²) < 4.78 is 13.6. The van der Waals surface area contributed by atoms with Crippen molar-refractivity contribution in [3.05, 3.63) is 52.3 Å². The van der Waals surface area contributed by atoms with E-state index in [0.717, 1.165) is 6.07 Å². The van der Waals surface area contributed by atoms with E-state index >= 15 is 0 Å². The van der Waals surface area contributed by atoms with Gasteiger partial charge < -0.3 is 15.5 Å². The largest absolute Gasteiger partial charge is 0.507 e. The smallest absolute Gasteiger partial charge is 0.263 e. The number of carbonyl (C=O) groups excluding carboxylic acids is 1. The Morgan fingerprint density at radius 2 is 1.79 bits per heavy atom. The van der Waals surface area contributed by atoms with Crippen molar-refractivity contribution >= 4 is 27.5 Å². The van der Waals surface area contributed by atoms with E-state index in [-0.39, 0.29) is 27.2 Å². The maximum absolute atomic E-state index is 13.3. The Balaban J connectivity index is 2.28. The molecule has 0 unspecified atom stereocenters. The van der Waals surface area contributed by atoms with E-state index in [1.165, 1.54) is 30.3 Å². The molecule has 6 heteroatoms.